The van der Waals surface area contributed by atoms with Crippen LogP contribution in [0.3, 0.4) is 0 Å². The van der Waals surface area contributed by atoms with Crippen LogP contribution in [0.2, 0.25) is 0 Å². The van der Waals surface area contributed by atoms with Crippen molar-refractivity contribution < 1.29 is 43.9 Å². The van der Waals surface area contributed by atoms with Gasteiger partial charge in [0, 0.05) is 12.2 Å². The Morgan fingerprint density at radius 1 is 0.885 bits per heavy atom. The molecule has 0 radical (unpaired) electrons. The van der Waals surface area contributed by atoms with E-state index < -0.39 is 48.4 Å². The second-order valence-electron chi connectivity index (χ2n) is 5.61. The molecule has 0 aromatic heterocycles. The van der Waals surface area contributed by atoms with E-state index in [1.807, 2.05) is 0 Å². The maximum absolute atomic E-state index is 11.6. The lowest BCUT2D eigenvalue weighted by molar-refractivity contribution is -0.149. The lowest BCUT2D eigenvalue weighted by atomic mass is 10.2. The zero-order chi connectivity index (χ0) is 20.3. The van der Waals surface area contributed by atoms with Gasteiger partial charge in [-0.3, -0.25) is 4.79 Å². The molecule has 0 bridgehead atoms. The van der Waals surface area contributed by atoms with E-state index in [9.17, 15) is 24.6 Å². The van der Waals surface area contributed by atoms with Crippen LogP contribution < -0.4 is 0 Å². The Labute approximate surface area is 151 Å². The minimum atomic E-state index is -1.28. The minimum absolute atomic E-state index is 0.0999. The van der Waals surface area contributed by atoms with Gasteiger partial charge >= 0.3 is 17.9 Å². The van der Waals surface area contributed by atoms with E-state index >= 15 is 0 Å². The summed E-state index contributed by atoms with van der Waals surface area (Å²) in [6, 6.07) is 0. The number of hydrogen-bond acceptors (Lipinski definition) is 9. The fourth-order valence-electron chi connectivity index (χ4n) is 1.56. The molecule has 0 amide bonds. The Morgan fingerprint density at radius 3 is 1.88 bits per heavy atom. The molecule has 9 heteroatoms. The highest BCUT2D eigenvalue weighted by molar-refractivity contribution is 5.83. The van der Waals surface area contributed by atoms with Crippen molar-refractivity contribution in [1.82, 2.24) is 0 Å². The number of methoxy groups -OCH3 is 1. The van der Waals surface area contributed by atoms with Gasteiger partial charge in [-0.2, -0.15) is 0 Å². The second-order valence-corrected chi connectivity index (χ2v) is 5.61. The predicted molar refractivity (Wildman–Crippen MR) is 89.7 cm³/mol. The number of aliphatic hydroxyl groups is 3. The first-order chi connectivity index (χ1) is 12.1. The van der Waals surface area contributed by atoms with Gasteiger partial charge in [0.1, 0.15) is 18.3 Å². The van der Waals surface area contributed by atoms with Gasteiger partial charge < -0.3 is 29.5 Å². The zero-order valence-electron chi connectivity index (χ0n) is 15.2. The Morgan fingerprint density at radius 2 is 1.38 bits per heavy atom. The van der Waals surface area contributed by atoms with Crippen molar-refractivity contribution in [3.8, 4) is 0 Å². The van der Waals surface area contributed by atoms with Crippen LogP contribution in [0, 0.1) is 0 Å². The standard InChI is InChI=1S/C17H26O9/c1-10(9-17(23)24-4)25-15(21)8-6-14(20)12(3)26-16(22)7-5-13(19)11(2)18/h5-8,10-14,18-20H,9H2,1-4H3/b7-5+,8-6+/t10-,11+,12?,13?,14?/m1/s1. The largest absolute Gasteiger partial charge is 0.469 e. The molecule has 26 heavy (non-hydrogen) atoms. The first kappa shape index (κ1) is 23.8. The van der Waals surface area contributed by atoms with Gasteiger partial charge in [0.2, 0.25) is 0 Å². The summed E-state index contributed by atoms with van der Waals surface area (Å²) in [6.45, 7) is 4.26. The molecule has 9 nitrogen and oxygen atoms in total. The third-order valence-corrected chi connectivity index (χ3v) is 3.14. The summed E-state index contributed by atoms with van der Waals surface area (Å²) in [7, 11) is 1.22. The van der Waals surface area contributed by atoms with Crippen molar-refractivity contribution in [2.24, 2.45) is 0 Å². The van der Waals surface area contributed by atoms with Gasteiger partial charge in [-0.25, -0.2) is 9.59 Å². The fraction of sp³-hybridized carbons (Fsp3) is 0.588. The average Bonchev–Trinajstić information content (AvgIpc) is 2.56. The summed E-state index contributed by atoms with van der Waals surface area (Å²) in [5.41, 5.74) is 0. The van der Waals surface area contributed by atoms with Gasteiger partial charge in [0.15, 0.2) is 0 Å². The molecule has 0 fully saturated rings. The van der Waals surface area contributed by atoms with E-state index in [2.05, 4.69) is 4.74 Å². The maximum Gasteiger partial charge on any atom is 0.330 e. The first-order valence-electron chi connectivity index (χ1n) is 7.95. The molecule has 0 aliphatic heterocycles. The molecule has 0 saturated carbocycles. The molecule has 0 aromatic rings. The molecule has 0 aliphatic carbocycles. The summed E-state index contributed by atoms with van der Waals surface area (Å²) in [4.78, 5) is 34.1. The van der Waals surface area contributed by atoms with E-state index in [0.29, 0.717) is 0 Å². The highest BCUT2D eigenvalue weighted by Gasteiger charge is 2.17. The Bertz CT molecular complexity index is 524. The van der Waals surface area contributed by atoms with Crippen molar-refractivity contribution in [3.05, 3.63) is 24.3 Å². The fourth-order valence-corrected chi connectivity index (χ4v) is 1.56. The first-order valence-corrected chi connectivity index (χ1v) is 7.95. The van der Waals surface area contributed by atoms with E-state index in [0.717, 1.165) is 24.3 Å². The molecule has 0 saturated heterocycles. The van der Waals surface area contributed by atoms with Crippen molar-refractivity contribution in [1.29, 1.82) is 0 Å². The third-order valence-electron chi connectivity index (χ3n) is 3.14. The topological polar surface area (TPSA) is 140 Å². The van der Waals surface area contributed by atoms with Gasteiger partial charge in [-0.1, -0.05) is 0 Å². The van der Waals surface area contributed by atoms with Crippen LogP contribution in [0.1, 0.15) is 27.2 Å². The number of hydrogen-bond donors (Lipinski definition) is 3. The summed E-state index contributed by atoms with van der Waals surface area (Å²) in [5, 5.41) is 28.2. The molecule has 0 aliphatic rings. The second kappa shape index (κ2) is 12.2. The highest BCUT2D eigenvalue weighted by Crippen LogP contribution is 2.05. The van der Waals surface area contributed by atoms with E-state index in [4.69, 9.17) is 14.6 Å². The summed E-state index contributed by atoms with van der Waals surface area (Å²) in [6.07, 6.45) is -1.30. The normalized spacial score (nSPS) is 17.3. The summed E-state index contributed by atoms with van der Waals surface area (Å²) in [5.74, 6) is -2.14. The number of carbonyl (C=O) groups excluding carboxylic acids is 3. The van der Waals surface area contributed by atoms with E-state index in [1.54, 1.807) is 0 Å². The molecule has 3 N–H and O–H groups in total. The molecule has 0 aromatic carbocycles. The molecule has 5 atom stereocenters. The van der Waals surface area contributed by atoms with Gasteiger partial charge in [0.05, 0.1) is 25.7 Å². The van der Waals surface area contributed by atoms with Crippen LogP contribution in [-0.2, 0) is 28.6 Å². The molecule has 0 rings (SSSR count). The van der Waals surface area contributed by atoms with Crippen LogP contribution in [-0.4, -0.2) is 70.9 Å². The number of esters is 3. The van der Waals surface area contributed by atoms with Crippen LogP contribution >= 0.6 is 0 Å². The van der Waals surface area contributed by atoms with Crippen molar-refractivity contribution in [2.75, 3.05) is 7.11 Å². The van der Waals surface area contributed by atoms with Crippen molar-refractivity contribution in [2.45, 2.75) is 57.7 Å². The summed E-state index contributed by atoms with van der Waals surface area (Å²) < 4.78 is 14.2. The smallest absolute Gasteiger partial charge is 0.330 e. The van der Waals surface area contributed by atoms with Gasteiger partial charge in [-0.15, -0.1) is 0 Å². The highest BCUT2D eigenvalue weighted by atomic mass is 16.6. The predicted octanol–water partition coefficient (Wildman–Crippen LogP) is -0.372. The van der Waals surface area contributed by atoms with Crippen LogP contribution in [0.15, 0.2) is 24.3 Å². The number of rotatable bonds is 10. The van der Waals surface area contributed by atoms with Crippen LogP contribution in [0.25, 0.3) is 0 Å². The SMILES string of the molecule is COC(=O)C[C@@H](C)OC(=O)/C=C/C(O)C(C)OC(=O)/C=C/C(O)[C@H](C)O. The minimum Gasteiger partial charge on any atom is -0.469 e. The number of ether oxygens (including phenoxy) is 3. The summed E-state index contributed by atoms with van der Waals surface area (Å²) >= 11 is 0. The third kappa shape index (κ3) is 10.6. The lowest BCUT2D eigenvalue weighted by Crippen LogP contribution is -2.27. The Hall–Kier alpha value is -2.23. The van der Waals surface area contributed by atoms with E-state index in [1.165, 1.54) is 27.9 Å². The average molecular weight is 374 g/mol. The molecule has 3 unspecified atom stereocenters. The van der Waals surface area contributed by atoms with Gasteiger partial charge in [0.25, 0.3) is 0 Å². The van der Waals surface area contributed by atoms with Crippen molar-refractivity contribution >= 4 is 17.9 Å². The number of aliphatic hydroxyl groups excluding tert-OH is 3. The molecule has 0 spiro atoms. The monoisotopic (exact) mass is 374 g/mol. The molecular formula is C17H26O9. The maximum atomic E-state index is 11.6. The van der Waals surface area contributed by atoms with Crippen LogP contribution in [0.4, 0.5) is 0 Å². The van der Waals surface area contributed by atoms with Crippen LogP contribution in [0.5, 0.6) is 0 Å². The number of carbonyl (C=O) groups is 3. The quantitative estimate of drug-likeness (QED) is 0.265. The van der Waals surface area contributed by atoms with E-state index in [-0.39, 0.29) is 6.42 Å². The molecule has 148 valence electrons. The molecule has 0 heterocycles. The van der Waals surface area contributed by atoms with Crippen molar-refractivity contribution in [3.63, 3.8) is 0 Å². The lowest BCUT2D eigenvalue weighted by Gasteiger charge is -2.16. The van der Waals surface area contributed by atoms with Gasteiger partial charge in [-0.05, 0) is 32.9 Å². The molecular weight excluding hydrogens is 348 g/mol. The Kier molecular flexibility index (Phi) is 11.1. The zero-order valence-corrected chi connectivity index (χ0v) is 15.2. The Balaban J connectivity index is 4.41.